The van der Waals surface area contributed by atoms with Gasteiger partial charge in [-0.3, -0.25) is 14.4 Å². The van der Waals surface area contributed by atoms with E-state index in [9.17, 15) is 27.2 Å². The summed E-state index contributed by atoms with van der Waals surface area (Å²) in [4.78, 5) is 38.2. The van der Waals surface area contributed by atoms with Crippen molar-refractivity contribution >= 4 is 33.1 Å². The van der Waals surface area contributed by atoms with E-state index in [0.717, 1.165) is 6.26 Å². The molecule has 0 unspecified atom stereocenters. The second-order valence-electron chi connectivity index (χ2n) is 8.33. The summed E-state index contributed by atoms with van der Waals surface area (Å²) in [5.74, 6) is -2.50. The van der Waals surface area contributed by atoms with Gasteiger partial charge in [-0.25, -0.2) is 12.8 Å². The number of nitrogens with one attached hydrogen (secondary N) is 2. The van der Waals surface area contributed by atoms with Crippen molar-refractivity contribution in [2.45, 2.75) is 44.9 Å². The first-order valence-electron chi connectivity index (χ1n) is 10.1. The van der Waals surface area contributed by atoms with Crippen molar-refractivity contribution in [1.82, 2.24) is 9.88 Å². The van der Waals surface area contributed by atoms with Gasteiger partial charge in [0.2, 0.25) is 0 Å². The summed E-state index contributed by atoms with van der Waals surface area (Å²) in [6, 6.07) is 3.82. The van der Waals surface area contributed by atoms with Gasteiger partial charge in [-0.05, 0) is 62.9 Å². The Morgan fingerprint density at radius 1 is 1.12 bits per heavy atom. The summed E-state index contributed by atoms with van der Waals surface area (Å²) in [6.07, 6.45) is 1.69. The zero-order valence-corrected chi connectivity index (χ0v) is 19.4. The Bertz CT molecular complexity index is 1230. The fourth-order valence-electron chi connectivity index (χ4n) is 3.94. The molecule has 0 aliphatic heterocycles. The highest BCUT2D eigenvalue weighted by atomic mass is 32.2. The molecule has 32 heavy (non-hydrogen) atoms. The number of hydrogen-bond acceptors (Lipinski definition) is 5. The largest absolute Gasteiger partial charge is 0.346 e. The zero-order chi connectivity index (χ0) is 24.0. The summed E-state index contributed by atoms with van der Waals surface area (Å²) in [7, 11) is -1.58. The summed E-state index contributed by atoms with van der Waals surface area (Å²) in [5, 5.41) is 4.77. The van der Waals surface area contributed by atoms with Crippen molar-refractivity contribution in [2.24, 2.45) is 7.05 Å². The van der Waals surface area contributed by atoms with Crippen LogP contribution < -0.4 is 10.6 Å². The zero-order valence-electron chi connectivity index (χ0n) is 18.6. The normalized spacial score (nSPS) is 18.1. The van der Waals surface area contributed by atoms with Crippen LogP contribution in [0.4, 0.5) is 10.1 Å². The Morgan fingerprint density at radius 3 is 2.31 bits per heavy atom. The van der Waals surface area contributed by atoms with Crippen LogP contribution in [0.5, 0.6) is 0 Å². The van der Waals surface area contributed by atoms with Crippen LogP contribution >= 0.6 is 0 Å². The van der Waals surface area contributed by atoms with E-state index >= 15 is 0 Å². The molecule has 1 aliphatic carbocycles. The summed E-state index contributed by atoms with van der Waals surface area (Å²) in [6.45, 7) is 4.83. The Morgan fingerprint density at radius 2 is 1.75 bits per heavy atom. The predicted octanol–water partition coefficient (Wildman–Crippen LogP) is 2.22. The number of nitrogens with zero attached hydrogens (tertiary/aromatic N) is 1. The van der Waals surface area contributed by atoms with Crippen molar-refractivity contribution in [2.75, 3.05) is 11.6 Å². The van der Waals surface area contributed by atoms with Gasteiger partial charge in [0.15, 0.2) is 0 Å². The molecule has 1 aromatic heterocycles. The number of sulfone groups is 1. The molecular formula is C22H26FN3O5S. The lowest BCUT2D eigenvalue weighted by atomic mass is 9.92. The fraction of sp³-hybridized carbons (Fsp3) is 0.409. The molecule has 0 atom stereocenters. The number of rotatable bonds is 6. The van der Waals surface area contributed by atoms with Gasteiger partial charge in [-0.2, -0.15) is 0 Å². The highest BCUT2D eigenvalue weighted by Gasteiger charge is 2.38. The Balaban J connectivity index is 1.77. The molecule has 172 valence electrons. The van der Waals surface area contributed by atoms with Crippen LogP contribution in [-0.4, -0.2) is 48.1 Å². The Kier molecular flexibility index (Phi) is 6.28. The first-order chi connectivity index (χ1) is 14.8. The molecule has 1 saturated carbocycles. The topological polar surface area (TPSA) is 114 Å². The highest BCUT2D eigenvalue weighted by Crippen LogP contribution is 2.27. The number of aromatic nitrogens is 1. The Labute approximate surface area is 186 Å². The number of halogens is 1. The van der Waals surface area contributed by atoms with Crippen LogP contribution in [0, 0.1) is 26.6 Å². The molecule has 8 nitrogen and oxygen atoms in total. The molecule has 3 rings (SSSR count). The molecule has 1 fully saturated rings. The van der Waals surface area contributed by atoms with E-state index in [4.69, 9.17) is 0 Å². The average molecular weight is 464 g/mol. The van der Waals surface area contributed by atoms with E-state index in [1.807, 2.05) is 0 Å². The number of hydrogen-bond donors (Lipinski definition) is 2. The quantitative estimate of drug-likeness (QED) is 0.504. The molecule has 0 bridgehead atoms. The van der Waals surface area contributed by atoms with Gasteiger partial charge in [0.25, 0.3) is 17.6 Å². The lowest BCUT2D eigenvalue weighted by Crippen LogP contribution is -2.51. The van der Waals surface area contributed by atoms with Crippen LogP contribution in [0.1, 0.15) is 50.5 Å². The number of amides is 2. The van der Waals surface area contributed by atoms with E-state index in [1.165, 1.54) is 22.8 Å². The van der Waals surface area contributed by atoms with Crippen LogP contribution in [-0.2, 0) is 21.7 Å². The van der Waals surface area contributed by atoms with Crippen molar-refractivity contribution in [3.05, 3.63) is 52.1 Å². The summed E-state index contributed by atoms with van der Waals surface area (Å²) in [5.41, 5.74) is 1.98. The predicted molar refractivity (Wildman–Crippen MR) is 118 cm³/mol. The number of carbonyl (C=O) groups is 3. The minimum Gasteiger partial charge on any atom is -0.346 e. The standard InChI is InChI=1S/C22H26FN3O5S/c1-11-8-14(6-7-17(11)23)24-21(28)18-12(2)19(26(4)13(18)3)20(27)22(29)25-15-9-16(10-15)32(5,30)31/h6-8,15-16H,9-10H2,1-5H3,(H,24,28)(H,25,29)/t15-,16-. The maximum atomic E-state index is 13.5. The minimum atomic E-state index is -3.17. The van der Waals surface area contributed by atoms with Crippen molar-refractivity contribution < 1.29 is 27.2 Å². The third kappa shape index (κ3) is 4.45. The van der Waals surface area contributed by atoms with Gasteiger partial charge in [-0.15, -0.1) is 0 Å². The molecule has 1 aliphatic rings. The van der Waals surface area contributed by atoms with Gasteiger partial charge >= 0.3 is 0 Å². The van der Waals surface area contributed by atoms with Crippen LogP contribution in [0.25, 0.3) is 0 Å². The van der Waals surface area contributed by atoms with Gasteiger partial charge in [0.1, 0.15) is 15.7 Å². The van der Waals surface area contributed by atoms with Crippen LogP contribution in [0.3, 0.4) is 0 Å². The van der Waals surface area contributed by atoms with Gasteiger partial charge < -0.3 is 15.2 Å². The molecule has 2 N–H and O–H groups in total. The van der Waals surface area contributed by atoms with Crippen LogP contribution in [0.2, 0.25) is 0 Å². The molecule has 0 spiro atoms. The number of anilines is 1. The van der Waals surface area contributed by atoms with Crippen molar-refractivity contribution in [3.63, 3.8) is 0 Å². The molecule has 0 saturated heterocycles. The third-order valence-electron chi connectivity index (χ3n) is 6.03. The van der Waals surface area contributed by atoms with E-state index in [2.05, 4.69) is 10.6 Å². The molecule has 1 aromatic carbocycles. The molecule has 1 heterocycles. The maximum Gasteiger partial charge on any atom is 0.294 e. The van der Waals surface area contributed by atoms with E-state index in [-0.39, 0.29) is 36.0 Å². The number of aryl methyl sites for hydroxylation is 1. The molecular weight excluding hydrogens is 437 g/mol. The fourth-order valence-corrected chi connectivity index (χ4v) is 5.11. The smallest absolute Gasteiger partial charge is 0.294 e. The molecule has 2 amide bonds. The minimum absolute atomic E-state index is 0.0828. The number of ketones is 1. The highest BCUT2D eigenvalue weighted by molar-refractivity contribution is 7.91. The average Bonchev–Trinajstić information content (AvgIpc) is 2.88. The first-order valence-corrected chi connectivity index (χ1v) is 12.0. The number of benzene rings is 1. The third-order valence-corrected chi connectivity index (χ3v) is 7.63. The number of carbonyl (C=O) groups excluding carboxylic acids is 3. The van der Waals surface area contributed by atoms with Crippen molar-refractivity contribution in [3.8, 4) is 0 Å². The van der Waals surface area contributed by atoms with E-state index in [1.54, 1.807) is 27.8 Å². The van der Waals surface area contributed by atoms with Gasteiger partial charge in [0.05, 0.1) is 16.5 Å². The summed E-state index contributed by atoms with van der Waals surface area (Å²) < 4.78 is 38.0. The first kappa shape index (κ1) is 23.6. The van der Waals surface area contributed by atoms with Gasteiger partial charge in [-0.1, -0.05) is 0 Å². The van der Waals surface area contributed by atoms with E-state index < -0.39 is 32.7 Å². The van der Waals surface area contributed by atoms with Gasteiger partial charge in [0, 0.05) is 30.7 Å². The number of Topliss-reactive ketones (excluding diaryl/α,β-unsaturated/α-hetero) is 1. The van der Waals surface area contributed by atoms with E-state index in [0.29, 0.717) is 22.5 Å². The molecule has 0 radical (unpaired) electrons. The SMILES string of the molecule is Cc1cc(NC(=O)c2c(C)c(C(=O)C(=O)N[C@H]3C[C@H](S(C)(=O)=O)C3)n(C)c2C)ccc1F. The second kappa shape index (κ2) is 8.50. The lowest BCUT2D eigenvalue weighted by Gasteiger charge is -2.34. The monoisotopic (exact) mass is 463 g/mol. The summed E-state index contributed by atoms with van der Waals surface area (Å²) >= 11 is 0. The lowest BCUT2D eigenvalue weighted by molar-refractivity contribution is -0.118. The Hall–Kier alpha value is -3.01. The van der Waals surface area contributed by atoms with Crippen LogP contribution in [0.15, 0.2) is 18.2 Å². The van der Waals surface area contributed by atoms with Crippen molar-refractivity contribution in [1.29, 1.82) is 0 Å². The molecule has 2 aromatic rings. The molecule has 10 heteroatoms. The second-order valence-corrected chi connectivity index (χ2v) is 10.7. The maximum absolute atomic E-state index is 13.5.